The number of aromatic nitrogens is 1. The van der Waals surface area contributed by atoms with Gasteiger partial charge in [0.05, 0.1) is 5.92 Å². The highest BCUT2D eigenvalue weighted by Crippen LogP contribution is 2.31. The number of carbonyl (C=O) groups is 4. The molecule has 0 aliphatic carbocycles. The summed E-state index contributed by atoms with van der Waals surface area (Å²) in [5.41, 5.74) is 1.14. The second kappa shape index (κ2) is 16.2. The first-order valence-electron chi connectivity index (χ1n) is 14.4. The van der Waals surface area contributed by atoms with Gasteiger partial charge in [-0.2, -0.15) is 0 Å². The van der Waals surface area contributed by atoms with Crippen LogP contribution in [0, 0.1) is 17.8 Å². The van der Waals surface area contributed by atoms with E-state index in [1.165, 1.54) is 16.2 Å². The molecule has 1 heterocycles. The van der Waals surface area contributed by atoms with E-state index in [9.17, 15) is 24.3 Å². The minimum Gasteiger partial charge on any atom is -0.481 e. The third-order valence-corrected chi connectivity index (χ3v) is 7.99. The molecular formula is C31H46N4O6S. The maximum absolute atomic E-state index is 13.3. The van der Waals surface area contributed by atoms with Crippen LogP contribution in [-0.4, -0.2) is 77.0 Å². The lowest BCUT2D eigenvalue weighted by Crippen LogP contribution is -2.42. The predicted molar refractivity (Wildman–Crippen MR) is 163 cm³/mol. The molecule has 1 aromatic heterocycles. The van der Waals surface area contributed by atoms with E-state index in [-0.39, 0.29) is 35.9 Å². The highest BCUT2D eigenvalue weighted by Gasteiger charge is 2.32. The summed E-state index contributed by atoms with van der Waals surface area (Å²) < 4.78 is 5.82. The summed E-state index contributed by atoms with van der Waals surface area (Å²) in [5.74, 6) is -1.72. The third kappa shape index (κ3) is 10.7. The number of nitrogens with one attached hydrogen (secondary N) is 1. The lowest BCUT2D eigenvalue weighted by molar-refractivity contribution is -0.141. The van der Waals surface area contributed by atoms with Crippen LogP contribution in [0.25, 0.3) is 0 Å². The van der Waals surface area contributed by atoms with Gasteiger partial charge in [-0.3, -0.25) is 14.4 Å². The minimum atomic E-state index is -0.930. The Balaban J connectivity index is 2.30. The maximum Gasteiger partial charge on any atom is 0.409 e. The quantitative estimate of drug-likeness (QED) is 0.285. The number of benzene rings is 1. The van der Waals surface area contributed by atoms with E-state index in [1.54, 1.807) is 38.3 Å². The van der Waals surface area contributed by atoms with Crippen LogP contribution in [0.5, 0.6) is 0 Å². The van der Waals surface area contributed by atoms with Crippen molar-refractivity contribution in [2.45, 2.75) is 78.5 Å². The molecule has 0 saturated carbocycles. The van der Waals surface area contributed by atoms with Crippen molar-refractivity contribution in [3.8, 4) is 0 Å². The lowest BCUT2D eigenvalue weighted by atomic mass is 9.95. The number of hydrogen-bond acceptors (Lipinski definition) is 7. The molecule has 0 bridgehead atoms. The SMILES string of the molecule is CC(C)CC(=O)N(C)C(CC(OC(=O)N(C)C)c1nc(C(=O)NC(Cc2ccccc2)CC(C)C(=O)O)cs1)C(C)C. The van der Waals surface area contributed by atoms with Gasteiger partial charge in [-0.1, -0.05) is 65.0 Å². The molecule has 0 aliphatic rings. The number of carboxylic acids is 1. The zero-order valence-corrected chi connectivity index (χ0v) is 26.8. The molecule has 0 fully saturated rings. The number of rotatable bonds is 15. The van der Waals surface area contributed by atoms with Gasteiger partial charge >= 0.3 is 12.1 Å². The van der Waals surface area contributed by atoms with Crippen molar-refractivity contribution in [1.82, 2.24) is 20.1 Å². The van der Waals surface area contributed by atoms with E-state index in [0.717, 1.165) is 5.56 Å². The van der Waals surface area contributed by atoms with E-state index in [0.29, 0.717) is 24.3 Å². The van der Waals surface area contributed by atoms with Crippen LogP contribution >= 0.6 is 11.3 Å². The van der Waals surface area contributed by atoms with E-state index >= 15 is 0 Å². The Bertz CT molecular complexity index is 1180. The van der Waals surface area contributed by atoms with Crippen LogP contribution in [0.15, 0.2) is 35.7 Å². The Morgan fingerprint density at radius 2 is 1.64 bits per heavy atom. The van der Waals surface area contributed by atoms with Crippen molar-refractivity contribution in [2.75, 3.05) is 21.1 Å². The van der Waals surface area contributed by atoms with Gasteiger partial charge < -0.3 is 25.0 Å². The highest BCUT2D eigenvalue weighted by molar-refractivity contribution is 7.09. The van der Waals surface area contributed by atoms with Gasteiger partial charge in [-0.15, -0.1) is 11.3 Å². The van der Waals surface area contributed by atoms with Gasteiger partial charge in [0.25, 0.3) is 5.91 Å². The summed E-state index contributed by atoms with van der Waals surface area (Å²) in [5, 5.41) is 14.5. The largest absolute Gasteiger partial charge is 0.481 e. The van der Waals surface area contributed by atoms with E-state index < -0.39 is 36.0 Å². The molecule has 0 spiro atoms. The molecule has 4 atom stereocenters. The van der Waals surface area contributed by atoms with Gasteiger partial charge in [0.1, 0.15) is 10.7 Å². The fraction of sp³-hybridized carbons (Fsp3) is 0.581. The zero-order chi connectivity index (χ0) is 31.6. The Labute approximate surface area is 253 Å². The number of aliphatic carboxylic acids is 1. The van der Waals surface area contributed by atoms with Crippen molar-refractivity contribution < 1.29 is 29.0 Å². The van der Waals surface area contributed by atoms with Crippen LogP contribution in [0.1, 0.15) is 81.0 Å². The second-order valence-electron chi connectivity index (χ2n) is 11.8. The van der Waals surface area contributed by atoms with Crippen molar-refractivity contribution in [1.29, 1.82) is 0 Å². The summed E-state index contributed by atoms with van der Waals surface area (Å²) in [6.45, 7) is 9.63. The van der Waals surface area contributed by atoms with Gasteiger partial charge in [0.2, 0.25) is 5.91 Å². The summed E-state index contributed by atoms with van der Waals surface area (Å²) in [6.07, 6.45) is 0.123. The fourth-order valence-electron chi connectivity index (χ4n) is 4.62. The Morgan fingerprint density at radius 3 is 2.19 bits per heavy atom. The van der Waals surface area contributed by atoms with E-state index in [1.807, 2.05) is 58.0 Å². The number of amides is 3. The molecule has 2 aromatic rings. The molecule has 232 valence electrons. The topological polar surface area (TPSA) is 129 Å². The van der Waals surface area contributed by atoms with Gasteiger partial charge in [-0.25, -0.2) is 9.78 Å². The molecule has 3 amide bonds. The normalized spacial score (nSPS) is 14.1. The molecule has 10 nitrogen and oxygen atoms in total. The molecule has 11 heteroatoms. The van der Waals surface area contributed by atoms with E-state index in [4.69, 9.17) is 4.74 Å². The summed E-state index contributed by atoms with van der Waals surface area (Å²) in [7, 11) is 4.94. The first kappa shape index (κ1) is 34.7. The molecule has 4 unspecified atom stereocenters. The van der Waals surface area contributed by atoms with Crippen LogP contribution in [0.4, 0.5) is 4.79 Å². The monoisotopic (exact) mass is 602 g/mol. The fourth-order valence-corrected chi connectivity index (χ4v) is 5.46. The van der Waals surface area contributed by atoms with Crippen molar-refractivity contribution >= 4 is 35.2 Å². The third-order valence-electron chi connectivity index (χ3n) is 7.06. The molecule has 2 N–H and O–H groups in total. The highest BCUT2D eigenvalue weighted by atomic mass is 32.1. The molecule has 42 heavy (non-hydrogen) atoms. The summed E-state index contributed by atoms with van der Waals surface area (Å²) >= 11 is 1.21. The Hall–Kier alpha value is -3.47. The lowest BCUT2D eigenvalue weighted by Gasteiger charge is -2.34. The molecule has 2 rings (SSSR count). The Kier molecular flexibility index (Phi) is 13.4. The molecular weight excluding hydrogens is 556 g/mol. The minimum absolute atomic E-state index is 0.0145. The zero-order valence-electron chi connectivity index (χ0n) is 26.0. The molecule has 0 saturated heterocycles. The maximum atomic E-state index is 13.3. The second-order valence-corrected chi connectivity index (χ2v) is 12.7. The standard InChI is InChI=1S/C31H46N4O6S/c1-19(2)14-27(36)35(8)25(20(3)4)17-26(41-31(40)34(6)7)29-33-24(18-42-29)28(37)32-23(15-21(5)30(38)39)16-22-12-10-9-11-13-22/h9-13,18-21,23,25-26H,14-17H2,1-8H3,(H,32,37)(H,38,39). The van der Waals surface area contributed by atoms with Crippen molar-refractivity contribution in [3.63, 3.8) is 0 Å². The average molecular weight is 603 g/mol. The predicted octanol–water partition coefficient (Wildman–Crippen LogP) is 5.25. The smallest absolute Gasteiger partial charge is 0.409 e. The van der Waals surface area contributed by atoms with Crippen molar-refractivity contribution in [3.05, 3.63) is 52.0 Å². The molecule has 0 aliphatic heterocycles. The summed E-state index contributed by atoms with van der Waals surface area (Å²) in [6, 6.07) is 8.90. The number of nitrogens with zero attached hydrogens (tertiary/aromatic N) is 3. The average Bonchev–Trinajstić information content (AvgIpc) is 3.40. The van der Waals surface area contributed by atoms with Gasteiger partial charge in [0.15, 0.2) is 6.10 Å². The number of ether oxygens (including phenoxy) is 1. The number of thiazole rings is 1. The summed E-state index contributed by atoms with van der Waals surface area (Å²) in [4.78, 5) is 58.0. The van der Waals surface area contributed by atoms with Crippen LogP contribution in [0.2, 0.25) is 0 Å². The van der Waals surface area contributed by atoms with E-state index in [2.05, 4.69) is 10.3 Å². The first-order valence-corrected chi connectivity index (χ1v) is 15.2. The van der Waals surface area contributed by atoms with Crippen LogP contribution < -0.4 is 5.32 Å². The van der Waals surface area contributed by atoms with Crippen LogP contribution in [-0.2, 0) is 20.7 Å². The number of carbonyl (C=O) groups excluding carboxylic acids is 3. The number of carboxylic acid groups (broad SMARTS) is 1. The first-order chi connectivity index (χ1) is 19.7. The molecule has 1 aromatic carbocycles. The van der Waals surface area contributed by atoms with Crippen LogP contribution in [0.3, 0.4) is 0 Å². The van der Waals surface area contributed by atoms with Gasteiger partial charge in [0, 0.05) is 51.4 Å². The van der Waals surface area contributed by atoms with Crippen molar-refractivity contribution in [2.24, 2.45) is 17.8 Å². The Morgan fingerprint density at radius 1 is 1.00 bits per heavy atom. The molecule has 0 radical (unpaired) electrons. The number of hydrogen-bond donors (Lipinski definition) is 2. The van der Waals surface area contributed by atoms with Gasteiger partial charge in [-0.05, 0) is 30.2 Å².